The Kier molecular flexibility index (Phi) is 4.32. The molecule has 0 bridgehead atoms. The van der Waals surface area contributed by atoms with Crippen molar-refractivity contribution in [1.82, 2.24) is 14.9 Å². The molecule has 2 aromatic rings. The molecular formula is C17H20N4O. The molecule has 22 heavy (non-hydrogen) atoms. The summed E-state index contributed by atoms with van der Waals surface area (Å²) >= 11 is 0. The zero-order chi connectivity index (χ0) is 15.4. The molecule has 1 amide bonds. The van der Waals surface area contributed by atoms with Crippen molar-refractivity contribution in [3.05, 3.63) is 47.9 Å². The molecule has 5 heteroatoms. The first-order valence-corrected chi connectivity index (χ1v) is 7.73. The zero-order valence-electron chi connectivity index (χ0n) is 12.7. The molecule has 0 unspecified atom stereocenters. The van der Waals surface area contributed by atoms with E-state index in [2.05, 4.69) is 34.3 Å². The van der Waals surface area contributed by atoms with Gasteiger partial charge in [-0.3, -0.25) is 4.79 Å². The van der Waals surface area contributed by atoms with E-state index in [-0.39, 0.29) is 5.91 Å². The summed E-state index contributed by atoms with van der Waals surface area (Å²) in [6, 6.07) is 8.20. The number of nitrogens with zero attached hydrogens (tertiary/aromatic N) is 3. The van der Waals surface area contributed by atoms with Crippen LogP contribution in [0.4, 0.5) is 11.5 Å². The van der Waals surface area contributed by atoms with Crippen molar-refractivity contribution in [2.75, 3.05) is 18.4 Å². The zero-order valence-corrected chi connectivity index (χ0v) is 12.7. The molecule has 1 aliphatic rings. The van der Waals surface area contributed by atoms with Gasteiger partial charge in [-0.15, -0.1) is 0 Å². The minimum atomic E-state index is -0.0242. The fourth-order valence-corrected chi connectivity index (χ4v) is 2.56. The predicted molar refractivity (Wildman–Crippen MR) is 86.3 cm³/mol. The highest BCUT2D eigenvalue weighted by molar-refractivity contribution is 5.92. The molecule has 2 heterocycles. The highest BCUT2D eigenvalue weighted by atomic mass is 16.2. The van der Waals surface area contributed by atoms with Crippen molar-refractivity contribution in [3.63, 3.8) is 0 Å². The molecule has 0 radical (unpaired) electrons. The lowest BCUT2D eigenvalue weighted by Crippen LogP contribution is -2.28. The van der Waals surface area contributed by atoms with Crippen LogP contribution in [0.25, 0.3) is 0 Å². The molecule has 1 N–H and O–H groups in total. The van der Waals surface area contributed by atoms with Crippen molar-refractivity contribution < 1.29 is 4.79 Å². The van der Waals surface area contributed by atoms with E-state index in [1.807, 2.05) is 17.0 Å². The molecule has 1 aromatic carbocycles. The van der Waals surface area contributed by atoms with Crippen LogP contribution in [0.15, 0.2) is 36.7 Å². The summed E-state index contributed by atoms with van der Waals surface area (Å²) < 4.78 is 0. The number of nitrogens with one attached hydrogen (secondary N) is 1. The van der Waals surface area contributed by atoms with Crippen LogP contribution in [0.3, 0.4) is 0 Å². The van der Waals surface area contributed by atoms with E-state index >= 15 is 0 Å². The Labute approximate surface area is 130 Å². The van der Waals surface area contributed by atoms with Crippen LogP contribution in [-0.2, 0) is 6.42 Å². The number of aromatic nitrogens is 2. The second kappa shape index (κ2) is 6.56. The molecule has 114 valence electrons. The maximum absolute atomic E-state index is 12.2. The van der Waals surface area contributed by atoms with Crippen LogP contribution >= 0.6 is 0 Å². The fourth-order valence-electron chi connectivity index (χ4n) is 2.56. The van der Waals surface area contributed by atoms with Gasteiger partial charge in [-0.25, -0.2) is 9.97 Å². The Hall–Kier alpha value is -2.43. The normalized spacial score (nSPS) is 14.1. The standard InChI is InChI=1S/C17H20N4O/c1-2-13-5-7-14(8-6-13)20-16-12-18-15(11-19-16)17(22)21-9-3-4-10-21/h5-8,11-12H,2-4,9-10H2,1H3,(H,19,20). The topological polar surface area (TPSA) is 58.1 Å². The Balaban J connectivity index is 1.66. The molecule has 3 rings (SSSR count). The van der Waals surface area contributed by atoms with Gasteiger partial charge in [-0.2, -0.15) is 0 Å². The van der Waals surface area contributed by atoms with Crippen LogP contribution in [0.1, 0.15) is 35.8 Å². The minimum absolute atomic E-state index is 0.0242. The van der Waals surface area contributed by atoms with Gasteiger partial charge in [-0.05, 0) is 37.0 Å². The fraction of sp³-hybridized carbons (Fsp3) is 0.353. The third-order valence-electron chi connectivity index (χ3n) is 3.90. The first kappa shape index (κ1) is 14.5. The van der Waals surface area contributed by atoms with E-state index in [4.69, 9.17) is 0 Å². The number of carbonyl (C=O) groups excluding carboxylic acids is 1. The monoisotopic (exact) mass is 296 g/mol. The Morgan fingerprint density at radius 2 is 1.86 bits per heavy atom. The van der Waals surface area contributed by atoms with Gasteiger partial charge in [0.05, 0.1) is 12.4 Å². The van der Waals surface area contributed by atoms with Gasteiger partial charge in [0, 0.05) is 18.8 Å². The third-order valence-corrected chi connectivity index (χ3v) is 3.90. The Bertz CT molecular complexity index is 631. The van der Waals surface area contributed by atoms with Crippen LogP contribution in [0.2, 0.25) is 0 Å². The van der Waals surface area contributed by atoms with Crippen molar-refractivity contribution in [2.24, 2.45) is 0 Å². The molecular weight excluding hydrogens is 276 g/mol. The highest BCUT2D eigenvalue weighted by Crippen LogP contribution is 2.16. The van der Waals surface area contributed by atoms with Gasteiger partial charge in [0.25, 0.3) is 5.91 Å². The predicted octanol–water partition coefficient (Wildman–Crippen LogP) is 3.02. The molecule has 1 fully saturated rings. The second-order valence-corrected chi connectivity index (χ2v) is 5.46. The maximum atomic E-state index is 12.2. The molecule has 0 aliphatic carbocycles. The molecule has 0 atom stereocenters. The summed E-state index contributed by atoms with van der Waals surface area (Å²) in [7, 11) is 0. The summed E-state index contributed by atoms with van der Waals surface area (Å²) in [5, 5.41) is 3.19. The van der Waals surface area contributed by atoms with Gasteiger partial charge >= 0.3 is 0 Å². The van der Waals surface area contributed by atoms with Crippen molar-refractivity contribution >= 4 is 17.4 Å². The minimum Gasteiger partial charge on any atom is -0.339 e. The number of benzene rings is 1. The number of anilines is 2. The van der Waals surface area contributed by atoms with E-state index in [0.717, 1.165) is 38.0 Å². The van der Waals surface area contributed by atoms with Crippen molar-refractivity contribution in [2.45, 2.75) is 26.2 Å². The second-order valence-electron chi connectivity index (χ2n) is 5.46. The molecule has 0 spiro atoms. The summed E-state index contributed by atoms with van der Waals surface area (Å²) in [4.78, 5) is 22.5. The maximum Gasteiger partial charge on any atom is 0.274 e. The molecule has 1 aliphatic heterocycles. The SMILES string of the molecule is CCc1ccc(Nc2cnc(C(=O)N3CCCC3)cn2)cc1. The Morgan fingerprint density at radius 1 is 1.14 bits per heavy atom. The quantitative estimate of drug-likeness (QED) is 0.942. The molecule has 1 saturated heterocycles. The van der Waals surface area contributed by atoms with E-state index in [0.29, 0.717) is 11.5 Å². The average Bonchev–Trinajstić information content (AvgIpc) is 3.10. The molecule has 5 nitrogen and oxygen atoms in total. The lowest BCUT2D eigenvalue weighted by Gasteiger charge is -2.14. The van der Waals surface area contributed by atoms with Gasteiger partial charge in [0.2, 0.25) is 0 Å². The van der Waals surface area contributed by atoms with Gasteiger partial charge in [0.15, 0.2) is 0 Å². The van der Waals surface area contributed by atoms with Gasteiger partial charge in [-0.1, -0.05) is 19.1 Å². The van der Waals surface area contributed by atoms with Crippen molar-refractivity contribution in [1.29, 1.82) is 0 Å². The van der Waals surface area contributed by atoms with Crippen LogP contribution in [0, 0.1) is 0 Å². The van der Waals surface area contributed by atoms with Crippen LogP contribution in [-0.4, -0.2) is 33.9 Å². The largest absolute Gasteiger partial charge is 0.339 e. The summed E-state index contributed by atoms with van der Waals surface area (Å²) in [5.41, 5.74) is 2.67. The summed E-state index contributed by atoms with van der Waals surface area (Å²) in [5.74, 6) is 0.617. The van der Waals surface area contributed by atoms with E-state index in [9.17, 15) is 4.79 Å². The lowest BCUT2D eigenvalue weighted by atomic mass is 10.1. The summed E-state index contributed by atoms with van der Waals surface area (Å²) in [6.07, 6.45) is 6.33. The van der Waals surface area contributed by atoms with Crippen LogP contribution in [0.5, 0.6) is 0 Å². The number of hydrogen-bond acceptors (Lipinski definition) is 4. The summed E-state index contributed by atoms with van der Waals surface area (Å²) in [6.45, 7) is 3.78. The number of aryl methyl sites for hydroxylation is 1. The smallest absolute Gasteiger partial charge is 0.274 e. The van der Waals surface area contributed by atoms with Crippen molar-refractivity contribution in [3.8, 4) is 0 Å². The number of carbonyl (C=O) groups is 1. The Morgan fingerprint density at radius 3 is 2.45 bits per heavy atom. The third kappa shape index (κ3) is 3.24. The molecule has 1 aromatic heterocycles. The first-order chi connectivity index (χ1) is 10.8. The highest BCUT2D eigenvalue weighted by Gasteiger charge is 2.20. The number of rotatable bonds is 4. The van der Waals surface area contributed by atoms with Gasteiger partial charge < -0.3 is 10.2 Å². The number of likely N-dealkylation sites (tertiary alicyclic amines) is 1. The molecule has 0 saturated carbocycles. The van der Waals surface area contributed by atoms with Gasteiger partial charge in [0.1, 0.15) is 11.5 Å². The van der Waals surface area contributed by atoms with E-state index in [1.54, 1.807) is 12.4 Å². The van der Waals surface area contributed by atoms with E-state index in [1.165, 1.54) is 5.56 Å². The lowest BCUT2D eigenvalue weighted by molar-refractivity contribution is 0.0786. The first-order valence-electron chi connectivity index (χ1n) is 7.73. The number of hydrogen-bond donors (Lipinski definition) is 1. The van der Waals surface area contributed by atoms with Crippen LogP contribution < -0.4 is 5.32 Å². The average molecular weight is 296 g/mol. The van der Waals surface area contributed by atoms with E-state index < -0.39 is 0 Å². The number of amides is 1.